The molecule has 1 rings (SSSR count). The molecular formula is C13H18F3N4O5+. The van der Waals surface area contributed by atoms with Crippen LogP contribution in [0.4, 0.5) is 13.2 Å². The minimum absolute atomic E-state index is 0.181. The topological polar surface area (TPSA) is 146 Å². The molecule has 1 atom stereocenters. The van der Waals surface area contributed by atoms with Crippen LogP contribution >= 0.6 is 0 Å². The van der Waals surface area contributed by atoms with Crippen LogP contribution in [0.25, 0.3) is 0 Å². The summed E-state index contributed by atoms with van der Waals surface area (Å²) in [4.78, 5) is 30.9. The SMILES string of the molecule is CCNC(=O)c1cc[n+](CC[C@H](N)C(=O)O)nc1.O=C(O)C(F)(F)F. The van der Waals surface area contributed by atoms with Gasteiger partial charge in [0, 0.05) is 19.0 Å². The number of carboxylic acids is 2. The van der Waals surface area contributed by atoms with Crippen molar-refractivity contribution in [2.45, 2.75) is 32.1 Å². The molecule has 0 aliphatic carbocycles. The Bertz CT molecular complexity index is 592. The van der Waals surface area contributed by atoms with E-state index in [9.17, 15) is 22.8 Å². The van der Waals surface area contributed by atoms with E-state index in [2.05, 4.69) is 10.4 Å². The number of hydrogen-bond acceptors (Lipinski definition) is 5. The highest BCUT2D eigenvalue weighted by Gasteiger charge is 2.38. The molecule has 0 unspecified atom stereocenters. The van der Waals surface area contributed by atoms with Crippen molar-refractivity contribution in [1.29, 1.82) is 0 Å². The van der Waals surface area contributed by atoms with E-state index < -0.39 is 24.2 Å². The summed E-state index contributed by atoms with van der Waals surface area (Å²) in [5, 5.41) is 22.4. The van der Waals surface area contributed by atoms with E-state index in [1.165, 1.54) is 6.20 Å². The predicted octanol–water partition coefficient (Wildman–Crippen LogP) is -0.446. The Hall–Kier alpha value is -2.76. The monoisotopic (exact) mass is 367 g/mol. The van der Waals surface area contributed by atoms with Crippen molar-refractivity contribution in [3.63, 3.8) is 0 Å². The zero-order valence-corrected chi connectivity index (χ0v) is 13.2. The normalized spacial score (nSPS) is 11.7. The van der Waals surface area contributed by atoms with E-state index in [0.29, 0.717) is 18.7 Å². The largest absolute Gasteiger partial charge is 0.490 e. The zero-order chi connectivity index (χ0) is 19.6. The first-order valence-corrected chi connectivity index (χ1v) is 6.91. The van der Waals surface area contributed by atoms with Gasteiger partial charge in [-0.1, -0.05) is 4.68 Å². The number of alkyl halides is 3. The molecule has 0 bridgehead atoms. The van der Waals surface area contributed by atoms with Crippen LogP contribution in [0.15, 0.2) is 18.5 Å². The Balaban J connectivity index is 0.000000697. The van der Waals surface area contributed by atoms with E-state index in [-0.39, 0.29) is 12.3 Å². The number of nitrogens with one attached hydrogen (secondary N) is 1. The van der Waals surface area contributed by atoms with Crippen molar-refractivity contribution in [2.24, 2.45) is 5.73 Å². The van der Waals surface area contributed by atoms with Gasteiger partial charge >= 0.3 is 18.1 Å². The Morgan fingerprint density at radius 3 is 2.28 bits per heavy atom. The molecule has 9 nitrogen and oxygen atoms in total. The number of nitrogens with zero attached hydrogens (tertiary/aromatic N) is 2. The minimum atomic E-state index is -5.08. The van der Waals surface area contributed by atoms with Gasteiger partial charge in [-0.15, -0.1) is 0 Å². The van der Waals surface area contributed by atoms with Gasteiger partial charge < -0.3 is 21.3 Å². The number of halogens is 3. The van der Waals surface area contributed by atoms with Gasteiger partial charge in [0.1, 0.15) is 12.2 Å². The van der Waals surface area contributed by atoms with Gasteiger partial charge in [-0.05, 0) is 12.0 Å². The van der Waals surface area contributed by atoms with Gasteiger partial charge in [0.2, 0.25) is 0 Å². The van der Waals surface area contributed by atoms with E-state index >= 15 is 0 Å². The fourth-order valence-electron chi connectivity index (χ4n) is 1.31. The number of hydrogen-bond donors (Lipinski definition) is 4. The number of aromatic nitrogens is 2. The fourth-order valence-corrected chi connectivity index (χ4v) is 1.31. The molecule has 0 spiro atoms. The van der Waals surface area contributed by atoms with Crippen molar-refractivity contribution < 1.29 is 42.4 Å². The van der Waals surface area contributed by atoms with E-state index in [0.717, 1.165) is 0 Å². The summed E-state index contributed by atoms with van der Waals surface area (Å²) in [5.74, 6) is -3.97. The van der Waals surface area contributed by atoms with Gasteiger partial charge in [0.15, 0.2) is 12.7 Å². The Morgan fingerprint density at radius 1 is 1.36 bits per heavy atom. The maximum Gasteiger partial charge on any atom is 0.490 e. The van der Waals surface area contributed by atoms with Gasteiger partial charge in [0.25, 0.3) is 5.91 Å². The van der Waals surface area contributed by atoms with Crippen LogP contribution in [0.2, 0.25) is 0 Å². The van der Waals surface area contributed by atoms with Crippen LogP contribution < -0.4 is 15.7 Å². The van der Waals surface area contributed by atoms with Crippen LogP contribution in [0, 0.1) is 0 Å². The first-order valence-electron chi connectivity index (χ1n) is 6.91. The van der Waals surface area contributed by atoms with Crippen molar-refractivity contribution in [1.82, 2.24) is 10.4 Å². The first-order chi connectivity index (χ1) is 11.5. The van der Waals surface area contributed by atoms with E-state index in [1.807, 2.05) is 6.92 Å². The third-order valence-electron chi connectivity index (χ3n) is 2.60. The lowest BCUT2D eigenvalue weighted by molar-refractivity contribution is -0.754. The molecule has 25 heavy (non-hydrogen) atoms. The van der Waals surface area contributed by atoms with Gasteiger partial charge in [-0.2, -0.15) is 13.2 Å². The molecule has 0 fully saturated rings. The number of amides is 1. The lowest BCUT2D eigenvalue weighted by Crippen LogP contribution is -2.42. The number of aryl methyl sites for hydroxylation is 1. The summed E-state index contributed by atoms with van der Waals surface area (Å²) in [6, 6.07) is 0.729. The summed E-state index contributed by atoms with van der Waals surface area (Å²) in [6.07, 6.45) is -1.73. The fraction of sp³-hybridized carbons (Fsp3) is 0.462. The number of carboxylic acid groups (broad SMARTS) is 2. The molecule has 0 radical (unpaired) electrons. The summed E-state index contributed by atoms with van der Waals surface area (Å²) in [6.45, 7) is 2.78. The number of nitrogens with two attached hydrogens (primary N) is 1. The minimum Gasteiger partial charge on any atom is -0.480 e. The molecule has 1 heterocycles. The first kappa shape index (κ1) is 22.2. The number of carbonyl (C=O) groups is 3. The molecule has 0 aliphatic heterocycles. The lowest BCUT2D eigenvalue weighted by Gasteiger charge is -2.02. The van der Waals surface area contributed by atoms with Crippen LogP contribution in [0.3, 0.4) is 0 Å². The van der Waals surface area contributed by atoms with Gasteiger partial charge in [0.05, 0.1) is 5.56 Å². The molecule has 1 aromatic heterocycles. The number of aliphatic carboxylic acids is 2. The molecule has 0 aliphatic rings. The maximum absolute atomic E-state index is 11.5. The summed E-state index contributed by atoms with van der Waals surface area (Å²) < 4.78 is 33.3. The second kappa shape index (κ2) is 10.2. The number of carbonyl (C=O) groups excluding carboxylic acids is 1. The average Bonchev–Trinajstić information content (AvgIpc) is 2.52. The predicted molar refractivity (Wildman–Crippen MR) is 76.4 cm³/mol. The Kier molecular flexibility index (Phi) is 9.05. The van der Waals surface area contributed by atoms with Crippen molar-refractivity contribution >= 4 is 17.8 Å². The zero-order valence-electron chi connectivity index (χ0n) is 13.2. The molecule has 1 aromatic rings. The van der Waals surface area contributed by atoms with Crippen molar-refractivity contribution in [2.75, 3.05) is 6.54 Å². The standard InChI is InChI=1S/C11H16N4O3.C2HF3O2/c1-2-13-10(16)8-3-5-15(14-7-8)6-4-9(12)11(17)18;3-2(4,5)1(6)7/h3,5,7,9H,2,4,6,12H2,1H3,(H-,13,16,17,18);(H,6,7)/p+1/t9-;/m0./s1. The third kappa shape index (κ3) is 9.20. The van der Waals surface area contributed by atoms with Crippen molar-refractivity contribution in [3.8, 4) is 0 Å². The van der Waals surface area contributed by atoms with Crippen molar-refractivity contribution in [3.05, 3.63) is 24.0 Å². The smallest absolute Gasteiger partial charge is 0.480 e. The molecule has 0 saturated heterocycles. The third-order valence-corrected chi connectivity index (χ3v) is 2.60. The highest BCUT2D eigenvalue weighted by atomic mass is 19.4. The maximum atomic E-state index is 11.5. The summed E-state index contributed by atoms with van der Waals surface area (Å²) in [5.41, 5.74) is 5.85. The van der Waals surface area contributed by atoms with E-state index in [4.69, 9.17) is 20.7 Å². The quantitative estimate of drug-likeness (QED) is 0.498. The molecule has 0 saturated carbocycles. The second-order valence-electron chi connectivity index (χ2n) is 4.57. The Labute approximate surface area is 140 Å². The van der Waals surface area contributed by atoms with E-state index in [1.54, 1.807) is 16.9 Å². The van der Waals surface area contributed by atoms with Crippen LogP contribution in [0.5, 0.6) is 0 Å². The summed E-state index contributed by atoms with van der Waals surface area (Å²) in [7, 11) is 0. The molecule has 12 heteroatoms. The lowest BCUT2D eigenvalue weighted by atomic mass is 10.2. The summed E-state index contributed by atoms with van der Waals surface area (Å²) >= 11 is 0. The molecule has 140 valence electrons. The molecular weight excluding hydrogens is 349 g/mol. The van der Waals surface area contributed by atoms with Crippen LogP contribution in [-0.4, -0.2) is 51.9 Å². The second-order valence-corrected chi connectivity index (χ2v) is 4.57. The van der Waals surface area contributed by atoms with Crippen LogP contribution in [0.1, 0.15) is 23.7 Å². The highest BCUT2D eigenvalue weighted by molar-refractivity contribution is 5.93. The highest BCUT2D eigenvalue weighted by Crippen LogP contribution is 2.13. The van der Waals surface area contributed by atoms with Gasteiger partial charge in [-0.3, -0.25) is 9.59 Å². The Morgan fingerprint density at radius 2 is 1.92 bits per heavy atom. The molecule has 5 N–H and O–H groups in total. The van der Waals surface area contributed by atoms with Gasteiger partial charge in [-0.25, -0.2) is 4.79 Å². The average molecular weight is 367 g/mol. The van der Waals surface area contributed by atoms with Crippen LogP contribution in [-0.2, 0) is 16.1 Å². The molecule has 1 amide bonds. The number of rotatable bonds is 6. The molecule has 0 aromatic carbocycles.